The van der Waals surface area contributed by atoms with Gasteiger partial charge in [0.1, 0.15) is 5.69 Å². The summed E-state index contributed by atoms with van der Waals surface area (Å²) in [7, 11) is 1.76. The molecular formula is C22H36N2O4. The van der Waals surface area contributed by atoms with Crippen LogP contribution in [0, 0.1) is 25.7 Å². The summed E-state index contributed by atoms with van der Waals surface area (Å²) in [6.45, 7) is 15.8. The SMILES string of the molecule is CCOC(=O)c1c(C)c(C(=O)C(C)N(CCC(C)C)C(=O)C(C)C)c(C)n1C. The maximum absolute atomic E-state index is 13.4. The number of hydrogen-bond donors (Lipinski definition) is 0. The number of carbonyl (C=O) groups excluding carboxylic acids is 3. The van der Waals surface area contributed by atoms with Gasteiger partial charge < -0.3 is 14.2 Å². The first-order valence-electron chi connectivity index (χ1n) is 10.1. The molecule has 6 nitrogen and oxygen atoms in total. The van der Waals surface area contributed by atoms with E-state index in [0.717, 1.165) is 6.42 Å². The largest absolute Gasteiger partial charge is 0.461 e. The Morgan fingerprint density at radius 3 is 2.11 bits per heavy atom. The Balaban J connectivity index is 3.32. The first kappa shape index (κ1) is 23.9. The minimum atomic E-state index is -0.594. The molecule has 28 heavy (non-hydrogen) atoms. The molecule has 1 unspecified atom stereocenters. The van der Waals surface area contributed by atoms with Gasteiger partial charge in [0, 0.05) is 30.8 Å². The van der Waals surface area contributed by atoms with Crippen molar-refractivity contribution in [2.75, 3.05) is 13.2 Å². The molecule has 0 saturated carbocycles. The molecule has 0 aliphatic heterocycles. The Bertz CT molecular complexity index is 731. The van der Waals surface area contributed by atoms with E-state index in [0.29, 0.717) is 35.0 Å². The summed E-state index contributed by atoms with van der Waals surface area (Å²) in [6, 6.07) is -0.594. The Hall–Kier alpha value is -2.11. The van der Waals surface area contributed by atoms with Crippen LogP contribution in [0.1, 0.15) is 80.1 Å². The lowest BCUT2D eigenvalue weighted by molar-refractivity contribution is -0.135. The number of ketones is 1. The predicted molar refractivity (Wildman–Crippen MR) is 111 cm³/mol. The van der Waals surface area contributed by atoms with E-state index in [4.69, 9.17) is 4.74 Å². The molecule has 0 radical (unpaired) electrons. The van der Waals surface area contributed by atoms with Gasteiger partial charge in [0.2, 0.25) is 5.91 Å². The third-order valence-electron chi connectivity index (χ3n) is 5.22. The van der Waals surface area contributed by atoms with E-state index in [1.165, 1.54) is 0 Å². The lowest BCUT2D eigenvalue weighted by Crippen LogP contribution is -2.46. The highest BCUT2D eigenvalue weighted by Crippen LogP contribution is 2.25. The Morgan fingerprint density at radius 2 is 1.64 bits per heavy atom. The molecule has 0 bridgehead atoms. The summed E-state index contributed by atoms with van der Waals surface area (Å²) in [6.07, 6.45) is 0.830. The second kappa shape index (κ2) is 9.89. The molecule has 0 fully saturated rings. The van der Waals surface area contributed by atoms with Gasteiger partial charge in [-0.25, -0.2) is 4.79 Å². The number of amides is 1. The highest BCUT2D eigenvalue weighted by Gasteiger charge is 2.33. The van der Waals surface area contributed by atoms with Crippen LogP contribution in [-0.4, -0.2) is 46.3 Å². The molecule has 0 aromatic carbocycles. The van der Waals surface area contributed by atoms with Gasteiger partial charge in [0.15, 0.2) is 5.78 Å². The number of ether oxygens (including phenoxy) is 1. The molecule has 1 aromatic rings. The summed E-state index contributed by atoms with van der Waals surface area (Å²) in [5.41, 5.74) is 2.21. The average Bonchev–Trinajstić information content (AvgIpc) is 2.83. The molecule has 0 saturated heterocycles. The molecule has 1 aromatic heterocycles. The molecule has 0 N–H and O–H groups in total. The fraction of sp³-hybridized carbons (Fsp3) is 0.682. The van der Waals surface area contributed by atoms with Crippen LogP contribution in [-0.2, 0) is 16.6 Å². The molecule has 1 heterocycles. The number of carbonyl (C=O) groups is 3. The van der Waals surface area contributed by atoms with Crippen LogP contribution in [0.3, 0.4) is 0 Å². The van der Waals surface area contributed by atoms with Crippen molar-refractivity contribution in [2.24, 2.45) is 18.9 Å². The van der Waals surface area contributed by atoms with Gasteiger partial charge in [-0.1, -0.05) is 27.7 Å². The second-order valence-corrected chi connectivity index (χ2v) is 8.12. The van der Waals surface area contributed by atoms with Crippen molar-refractivity contribution in [1.82, 2.24) is 9.47 Å². The molecule has 1 amide bonds. The summed E-state index contributed by atoms with van der Waals surface area (Å²) < 4.78 is 6.85. The highest BCUT2D eigenvalue weighted by atomic mass is 16.5. The van der Waals surface area contributed by atoms with Gasteiger partial charge in [-0.05, 0) is 45.6 Å². The molecule has 0 spiro atoms. The van der Waals surface area contributed by atoms with Gasteiger partial charge in [-0.2, -0.15) is 0 Å². The zero-order valence-corrected chi connectivity index (χ0v) is 18.9. The average molecular weight is 393 g/mol. The van der Waals surface area contributed by atoms with Crippen molar-refractivity contribution in [1.29, 1.82) is 0 Å². The third-order valence-corrected chi connectivity index (χ3v) is 5.22. The van der Waals surface area contributed by atoms with E-state index >= 15 is 0 Å². The number of aromatic nitrogens is 1. The van der Waals surface area contributed by atoms with Crippen molar-refractivity contribution in [3.05, 3.63) is 22.5 Å². The number of Topliss-reactive ketones (excluding diaryl/α,β-unsaturated/α-hetero) is 1. The van der Waals surface area contributed by atoms with Crippen LogP contribution in [0.5, 0.6) is 0 Å². The molecule has 1 atom stereocenters. The van der Waals surface area contributed by atoms with Crippen LogP contribution >= 0.6 is 0 Å². The fourth-order valence-electron chi connectivity index (χ4n) is 3.40. The smallest absolute Gasteiger partial charge is 0.355 e. The quantitative estimate of drug-likeness (QED) is 0.472. The number of esters is 1. The number of nitrogens with zero attached hydrogens (tertiary/aromatic N) is 2. The zero-order chi connectivity index (χ0) is 21.8. The molecule has 6 heteroatoms. The van der Waals surface area contributed by atoms with E-state index in [1.54, 1.807) is 37.3 Å². The van der Waals surface area contributed by atoms with Crippen LogP contribution in [0.15, 0.2) is 0 Å². The maximum atomic E-state index is 13.4. The van der Waals surface area contributed by atoms with Crippen molar-refractivity contribution >= 4 is 17.7 Å². The fourth-order valence-corrected chi connectivity index (χ4v) is 3.40. The topological polar surface area (TPSA) is 68.6 Å². The summed E-state index contributed by atoms with van der Waals surface area (Å²) in [5, 5.41) is 0. The van der Waals surface area contributed by atoms with Crippen molar-refractivity contribution in [2.45, 2.75) is 67.9 Å². The van der Waals surface area contributed by atoms with Gasteiger partial charge in [0.25, 0.3) is 0 Å². The molecule has 1 rings (SSSR count). The van der Waals surface area contributed by atoms with E-state index in [-0.39, 0.29) is 24.2 Å². The van der Waals surface area contributed by atoms with Gasteiger partial charge in [-0.3, -0.25) is 9.59 Å². The normalized spacial score (nSPS) is 12.4. The molecule has 0 aliphatic rings. The summed E-state index contributed by atoms with van der Waals surface area (Å²) in [4.78, 5) is 40.2. The highest BCUT2D eigenvalue weighted by molar-refractivity contribution is 6.06. The Morgan fingerprint density at radius 1 is 1.07 bits per heavy atom. The van der Waals surface area contributed by atoms with Crippen molar-refractivity contribution in [3.63, 3.8) is 0 Å². The number of rotatable bonds is 9. The Labute approximate surface area is 169 Å². The lowest BCUT2D eigenvalue weighted by Gasteiger charge is -2.31. The van der Waals surface area contributed by atoms with E-state index in [9.17, 15) is 14.4 Å². The minimum absolute atomic E-state index is 0.0293. The van der Waals surface area contributed by atoms with Crippen LogP contribution < -0.4 is 0 Å². The molecule has 0 aliphatic carbocycles. The van der Waals surface area contributed by atoms with E-state index < -0.39 is 12.0 Å². The summed E-state index contributed by atoms with van der Waals surface area (Å²) >= 11 is 0. The van der Waals surface area contributed by atoms with Crippen molar-refractivity contribution < 1.29 is 19.1 Å². The predicted octanol–water partition coefficient (Wildman–Crippen LogP) is 3.92. The third kappa shape index (κ3) is 5.03. The van der Waals surface area contributed by atoms with Gasteiger partial charge >= 0.3 is 5.97 Å². The van der Waals surface area contributed by atoms with Crippen LogP contribution in [0.2, 0.25) is 0 Å². The monoisotopic (exact) mass is 392 g/mol. The van der Waals surface area contributed by atoms with E-state index in [1.807, 2.05) is 20.8 Å². The molecular weight excluding hydrogens is 356 g/mol. The van der Waals surface area contributed by atoms with Gasteiger partial charge in [-0.15, -0.1) is 0 Å². The van der Waals surface area contributed by atoms with Gasteiger partial charge in [0.05, 0.1) is 12.6 Å². The van der Waals surface area contributed by atoms with Crippen LogP contribution in [0.25, 0.3) is 0 Å². The summed E-state index contributed by atoms with van der Waals surface area (Å²) in [5.74, 6) is -0.361. The minimum Gasteiger partial charge on any atom is -0.461 e. The first-order chi connectivity index (χ1) is 12.9. The molecule has 158 valence electrons. The number of hydrogen-bond acceptors (Lipinski definition) is 4. The van der Waals surface area contributed by atoms with E-state index in [2.05, 4.69) is 13.8 Å². The lowest BCUT2D eigenvalue weighted by atomic mass is 9.98. The second-order valence-electron chi connectivity index (χ2n) is 8.12. The maximum Gasteiger partial charge on any atom is 0.355 e. The Kier molecular flexibility index (Phi) is 8.46. The first-order valence-corrected chi connectivity index (χ1v) is 10.1. The standard InChI is InChI=1S/C22H36N2O4/c1-10-28-22(27)19-15(6)18(16(7)23(19)9)20(25)17(8)24(12-11-13(2)3)21(26)14(4)5/h13-14,17H,10-12H2,1-9H3. The van der Waals surface area contributed by atoms with Crippen LogP contribution in [0.4, 0.5) is 0 Å². The zero-order valence-electron chi connectivity index (χ0n) is 18.9. The van der Waals surface area contributed by atoms with Crippen molar-refractivity contribution in [3.8, 4) is 0 Å².